The van der Waals surface area contributed by atoms with Crippen LogP contribution in [-0.4, -0.2) is 13.9 Å². The van der Waals surface area contributed by atoms with Gasteiger partial charge in [-0.1, -0.05) is 71.8 Å². The van der Waals surface area contributed by atoms with E-state index in [4.69, 9.17) is 0 Å². The van der Waals surface area contributed by atoms with E-state index in [0.717, 1.165) is 0 Å². The van der Waals surface area contributed by atoms with Crippen LogP contribution in [0.15, 0.2) is 93.6 Å². The van der Waals surface area contributed by atoms with Crippen molar-refractivity contribution in [2.24, 2.45) is 5.92 Å². The topological polar surface area (TPSA) is 48.9 Å². The number of hydrogen-bond donors (Lipinski definition) is 0. The van der Waals surface area contributed by atoms with Gasteiger partial charge in [-0.15, -0.1) is 0 Å². The highest BCUT2D eigenvalue weighted by Crippen LogP contribution is 2.66. The van der Waals surface area contributed by atoms with Gasteiger partial charge in [0, 0.05) is 5.92 Å². The second-order valence-electron chi connectivity index (χ2n) is 8.27. The molecule has 2 aliphatic carbocycles. The Hall–Kier alpha value is -3.34. The maximum Gasteiger partial charge on any atom is 0.352 e. The van der Waals surface area contributed by atoms with Crippen molar-refractivity contribution in [1.82, 2.24) is 13.9 Å². The number of hydrogen-bond acceptors (Lipinski definition) is 2. The van der Waals surface area contributed by atoms with E-state index in [1.807, 2.05) is 24.3 Å². The number of allylic oxidation sites excluding steroid dienone is 4. The Kier molecular flexibility index (Phi) is 3.08. The number of rotatable bonds is 2. The van der Waals surface area contributed by atoms with Crippen LogP contribution in [0.25, 0.3) is 5.69 Å². The largest absolute Gasteiger partial charge is 0.352 e. The van der Waals surface area contributed by atoms with E-state index in [9.17, 15) is 9.59 Å². The standard InChI is InChI=1S/C24H21N3O2/c1-15-16(2)24(17-9-5-3-6-10-17)20-14-13-19(21(15)24)26-22(28)25(23(29)27(20)26)18-11-7-4-8-12-18/h3-14,19-21H,1-2H3/t19-,20-,21+,24-/m1/s1. The normalized spacial score (nSPS) is 28.8. The van der Waals surface area contributed by atoms with Crippen molar-refractivity contribution in [2.45, 2.75) is 31.3 Å². The molecule has 0 spiro atoms. The van der Waals surface area contributed by atoms with Gasteiger partial charge < -0.3 is 0 Å². The average molecular weight is 383 g/mol. The van der Waals surface area contributed by atoms with Gasteiger partial charge in [-0.25, -0.2) is 23.5 Å². The van der Waals surface area contributed by atoms with Crippen molar-refractivity contribution < 1.29 is 0 Å². The molecule has 4 aliphatic rings. The number of aromatic nitrogens is 3. The van der Waals surface area contributed by atoms with Gasteiger partial charge >= 0.3 is 11.4 Å². The second-order valence-corrected chi connectivity index (χ2v) is 8.27. The molecule has 1 aromatic heterocycles. The molecule has 2 aliphatic heterocycles. The lowest BCUT2D eigenvalue weighted by Crippen LogP contribution is -2.63. The Labute approximate surface area is 167 Å². The first-order chi connectivity index (χ1) is 14.1. The molecule has 0 fully saturated rings. The third kappa shape index (κ3) is 1.73. The van der Waals surface area contributed by atoms with E-state index >= 15 is 0 Å². The summed E-state index contributed by atoms with van der Waals surface area (Å²) in [6.45, 7) is 4.34. The highest BCUT2D eigenvalue weighted by molar-refractivity contribution is 5.56. The maximum absolute atomic E-state index is 13.5. The molecule has 29 heavy (non-hydrogen) atoms. The lowest BCUT2D eigenvalue weighted by atomic mass is 9.46. The molecular formula is C24H21N3O2. The zero-order valence-electron chi connectivity index (χ0n) is 16.3. The summed E-state index contributed by atoms with van der Waals surface area (Å²) < 4.78 is 4.68. The Morgan fingerprint density at radius 3 is 2.10 bits per heavy atom. The monoisotopic (exact) mass is 383 g/mol. The summed E-state index contributed by atoms with van der Waals surface area (Å²) in [5.41, 5.74) is 3.65. The van der Waals surface area contributed by atoms with Crippen molar-refractivity contribution >= 4 is 0 Å². The summed E-state index contributed by atoms with van der Waals surface area (Å²) in [5, 5.41) is 0. The number of para-hydroxylation sites is 1. The lowest BCUT2D eigenvalue weighted by Gasteiger charge is -2.62. The predicted octanol–water partition coefficient (Wildman–Crippen LogP) is 3.37. The highest BCUT2D eigenvalue weighted by atomic mass is 16.2. The van der Waals surface area contributed by atoms with E-state index in [1.165, 1.54) is 21.3 Å². The van der Waals surface area contributed by atoms with Crippen LogP contribution in [0.2, 0.25) is 0 Å². The van der Waals surface area contributed by atoms with Gasteiger partial charge in [0.2, 0.25) is 0 Å². The van der Waals surface area contributed by atoms with E-state index in [-0.39, 0.29) is 34.8 Å². The smallest absolute Gasteiger partial charge is 0.245 e. The zero-order chi connectivity index (χ0) is 19.9. The predicted molar refractivity (Wildman–Crippen MR) is 111 cm³/mol. The Morgan fingerprint density at radius 2 is 1.41 bits per heavy atom. The van der Waals surface area contributed by atoms with Crippen LogP contribution < -0.4 is 11.4 Å². The van der Waals surface area contributed by atoms with Crippen LogP contribution in [0.1, 0.15) is 31.5 Å². The van der Waals surface area contributed by atoms with Gasteiger partial charge in [0.25, 0.3) is 0 Å². The molecule has 4 atom stereocenters. The zero-order valence-corrected chi connectivity index (χ0v) is 16.3. The van der Waals surface area contributed by atoms with Crippen molar-refractivity contribution in [3.63, 3.8) is 0 Å². The minimum Gasteiger partial charge on any atom is -0.245 e. The molecule has 2 aromatic carbocycles. The molecule has 3 heterocycles. The van der Waals surface area contributed by atoms with E-state index in [1.54, 1.807) is 21.5 Å². The van der Waals surface area contributed by atoms with Gasteiger partial charge in [-0.3, -0.25) is 0 Å². The van der Waals surface area contributed by atoms with E-state index in [0.29, 0.717) is 5.69 Å². The molecule has 3 aromatic rings. The van der Waals surface area contributed by atoms with Gasteiger partial charge in [0.1, 0.15) is 0 Å². The molecule has 0 saturated heterocycles. The fraction of sp³-hybridized carbons (Fsp3) is 0.250. The van der Waals surface area contributed by atoms with Gasteiger partial charge in [0.05, 0.1) is 23.2 Å². The number of nitrogens with zero attached hydrogens (tertiary/aromatic N) is 3. The molecule has 0 N–H and O–H groups in total. The Bertz CT molecular complexity index is 1320. The first-order valence-electron chi connectivity index (χ1n) is 10.0. The SMILES string of the molecule is CC1=C(C)[C@]2(c3ccccc3)[C@@H]1[C@H]1C=C[C@H]2n2c(=O)n(-c3ccccc3)c(=O)n21. The van der Waals surface area contributed by atoms with Crippen LogP contribution >= 0.6 is 0 Å². The van der Waals surface area contributed by atoms with Crippen molar-refractivity contribution in [3.8, 4) is 5.69 Å². The van der Waals surface area contributed by atoms with Gasteiger partial charge in [0.15, 0.2) is 0 Å². The Balaban J connectivity index is 1.67. The summed E-state index contributed by atoms with van der Waals surface area (Å²) in [7, 11) is 0. The fourth-order valence-electron chi connectivity index (χ4n) is 6.04. The molecular weight excluding hydrogens is 362 g/mol. The fourth-order valence-corrected chi connectivity index (χ4v) is 6.04. The third-order valence-electron chi connectivity index (χ3n) is 7.29. The molecule has 0 saturated carbocycles. The van der Waals surface area contributed by atoms with Crippen LogP contribution in [0.3, 0.4) is 0 Å². The molecule has 5 nitrogen and oxygen atoms in total. The molecule has 144 valence electrons. The maximum atomic E-state index is 13.5. The lowest BCUT2D eigenvalue weighted by molar-refractivity contribution is 0.0784. The molecule has 2 bridgehead atoms. The van der Waals surface area contributed by atoms with Crippen LogP contribution in [-0.2, 0) is 5.41 Å². The molecule has 5 heteroatoms. The molecule has 0 radical (unpaired) electrons. The Morgan fingerprint density at radius 1 is 0.793 bits per heavy atom. The summed E-state index contributed by atoms with van der Waals surface area (Å²) >= 11 is 0. The summed E-state index contributed by atoms with van der Waals surface area (Å²) in [6.07, 6.45) is 4.24. The van der Waals surface area contributed by atoms with Crippen LogP contribution in [0, 0.1) is 5.92 Å². The summed E-state index contributed by atoms with van der Waals surface area (Å²) in [4.78, 5) is 26.9. The van der Waals surface area contributed by atoms with Crippen molar-refractivity contribution in [3.05, 3.63) is 110 Å². The minimum atomic E-state index is -0.274. The third-order valence-corrected chi connectivity index (χ3v) is 7.29. The van der Waals surface area contributed by atoms with Crippen LogP contribution in [0.5, 0.6) is 0 Å². The first kappa shape index (κ1) is 16.6. The summed E-state index contributed by atoms with van der Waals surface area (Å²) in [5.74, 6) is 0.184. The first-order valence-corrected chi connectivity index (χ1v) is 10.0. The number of benzene rings is 2. The summed E-state index contributed by atoms with van der Waals surface area (Å²) in [6, 6.07) is 19.3. The average Bonchev–Trinajstić information content (AvgIpc) is 3.05. The van der Waals surface area contributed by atoms with Gasteiger partial charge in [-0.2, -0.15) is 0 Å². The van der Waals surface area contributed by atoms with Crippen molar-refractivity contribution in [2.75, 3.05) is 0 Å². The highest BCUT2D eigenvalue weighted by Gasteiger charge is 2.64. The van der Waals surface area contributed by atoms with Crippen molar-refractivity contribution in [1.29, 1.82) is 0 Å². The molecule has 7 rings (SSSR count). The van der Waals surface area contributed by atoms with E-state index in [2.05, 4.69) is 50.3 Å². The van der Waals surface area contributed by atoms with Crippen LogP contribution in [0.4, 0.5) is 0 Å². The van der Waals surface area contributed by atoms with Gasteiger partial charge in [-0.05, 0) is 31.5 Å². The minimum absolute atomic E-state index is 0.158. The molecule has 0 amide bonds. The van der Waals surface area contributed by atoms with E-state index < -0.39 is 0 Å². The molecule has 0 unspecified atom stereocenters. The second kappa shape index (κ2) is 5.38. The quantitative estimate of drug-likeness (QED) is 0.637.